The molecule has 0 aliphatic carbocycles. The normalized spacial score (nSPS) is 10.8. The first kappa shape index (κ1) is 9.04. The predicted molar refractivity (Wildman–Crippen MR) is 50.6 cm³/mol. The van der Waals surface area contributed by atoms with Crippen LogP contribution in [0.25, 0.3) is 0 Å². The van der Waals surface area contributed by atoms with Gasteiger partial charge in [-0.1, -0.05) is 6.07 Å². The third-order valence-electron chi connectivity index (χ3n) is 2.16. The monoisotopic (exact) mass is 165 g/mol. The summed E-state index contributed by atoms with van der Waals surface area (Å²) in [6.07, 6.45) is 0. The smallest absolute Gasteiger partial charge is 0.250 e. The Morgan fingerprint density at radius 3 is 2.25 bits per heavy atom. The van der Waals surface area contributed by atoms with Gasteiger partial charge in [0.1, 0.15) is 0 Å². The van der Waals surface area contributed by atoms with E-state index in [1.165, 1.54) is 5.56 Å². The summed E-state index contributed by atoms with van der Waals surface area (Å²) in [7, 11) is 0. The first-order valence-electron chi connectivity index (χ1n) is 4.22. The van der Waals surface area contributed by atoms with Gasteiger partial charge in [-0.05, 0) is 33.3 Å². The van der Waals surface area contributed by atoms with Gasteiger partial charge in [-0.25, -0.2) is 0 Å². The molecule has 0 amide bonds. The molecule has 1 aromatic rings. The Morgan fingerprint density at radius 1 is 1.25 bits per heavy atom. The molecule has 0 spiro atoms. The fourth-order valence-corrected chi connectivity index (χ4v) is 1.39. The van der Waals surface area contributed by atoms with Crippen LogP contribution in [0.2, 0.25) is 0 Å². The summed E-state index contributed by atoms with van der Waals surface area (Å²) in [6.45, 7) is 8.05. The number of hydrogen-bond donors (Lipinski definition) is 0. The van der Waals surface area contributed by atoms with Crippen molar-refractivity contribution in [3.8, 4) is 0 Å². The van der Waals surface area contributed by atoms with E-state index in [-0.39, 0.29) is 11.6 Å². The Kier molecular flexibility index (Phi) is 2.36. The summed E-state index contributed by atoms with van der Waals surface area (Å²) in [4.78, 5) is 11.4. The number of pyridine rings is 1. The van der Waals surface area contributed by atoms with Gasteiger partial charge in [-0.2, -0.15) is 0 Å². The molecule has 1 heterocycles. The van der Waals surface area contributed by atoms with Crippen molar-refractivity contribution >= 4 is 0 Å². The van der Waals surface area contributed by atoms with Crippen molar-refractivity contribution in [1.82, 2.24) is 4.57 Å². The molecule has 0 unspecified atom stereocenters. The molecule has 0 saturated heterocycles. The van der Waals surface area contributed by atoms with E-state index in [2.05, 4.69) is 0 Å². The Bertz CT molecular complexity index is 336. The van der Waals surface area contributed by atoms with E-state index < -0.39 is 0 Å². The second-order valence-electron chi connectivity index (χ2n) is 3.40. The van der Waals surface area contributed by atoms with Gasteiger partial charge in [-0.15, -0.1) is 0 Å². The lowest BCUT2D eigenvalue weighted by Crippen LogP contribution is -2.23. The van der Waals surface area contributed by atoms with Gasteiger partial charge in [0, 0.05) is 17.8 Å². The van der Waals surface area contributed by atoms with Gasteiger partial charge in [0.15, 0.2) is 0 Å². The topological polar surface area (TPSA) is 22.0 Å². The van der Waals surface area contributed by atoms with Crippen LogP contribution in [0.4, 0.5) is 0 Å². The van der Waals surface area contributed by atoms with E-state index in [0.29, 0.717) is 0 Å². The highest BCUT2D eigenvalue weighted by Gasteiger charge is 2.04. The van der Waals surface area contributed by atoms with Crippen LogP contribution < -0.4 is 5.56 Å². The van der Waals surface area contributed by atoms with Gasteiger partial charge in [-0.3, -0.25) is 4.79 Å². The maximum Gasteiger partial charge on any atom is 0.250 e. The zero-order valence-corrected chi connectivity index (χ0v) is 8.09. The van der Waals surface area contributed by atoms with Crippen LogP contribution in [0.3, 0.4) is 0 Å². The molecule has 2 nitrogen and oxygen atoms in total. The first-order chi connectivity index (χ1) is 5.54. The fourth-order valence-electron chi connectivity index (χ4n) is 1.39. The standard InChI is InChI=1S/C10H15NO/c1-7(2)11-9(4)8(3)5-6-10(11)12/h5-7H,1-4H3. The molecule has 0 bridgehead atoms. The maximum absolute atomic E-state index is 11.4. The van der Waals surface area contributed by atoms with Crippen LogP contribution >= 0.6 is 0 Å². The highest BCUT2D eigenvalue weighted by Crippen LogP contribution is 2.08. The number of aromatic nitrogens is 1. The molecule has 1 rings (SSSR count). The average molecular weight is 165 g/mol. The third kappa shape index (κ3) is 1.42. The molecule has 0 aliphatic rings. The second kappa shape index (κ2) is 3.13. The lowest BCUT2D eigenvalue weighted by molar-refractivity contribution is 0.560. The lowest BCUT2D eigenvalue weighted by Gasteiger charge is -2.14. The Labute approximate surface area is 72.8 Å². The van der Waals surface area contributed by atoms with Crippen molar-refractivity contribution in [1.29, 1.82) is 0 Å². The molecule has 1 aromatic heterocycles. The van der Waals surface area contributed by atoms with Gasteiger partial charge < -0.3 is 4.57 Å². The van der Waals surface area contributed by atoms with Crippen LogP contribution in [0.1, 0.15) is 31.1 Å². The van der Waals surface area contributed by atoms with Gasteiger partial charge in [0.05, 0.1) is 0 Å². The Hall–Kier alpha value is -1.05. The number of hydrogen-bond acceptors (Lipinski definition) is 1. The van der Waals surface area contributed by atoms with E-state index in [1.807, 2.05) is 38.3 Å². The molecule has 0 aromatic carbocycles. The number of aryl methyl sites for hydroxylation is 1. The Balaban J connectivity index is 3.43. The second-order valence-corrected chi connectivity index (χ2v) is 3.40. The molecule has 2 heteroatoms. The van der Waals surface area contributed by atoms with Crippen LogP contribution in [0.15, 0.2) is 16.9 Å². The van der Waals surface area contributed by atoms with E-state index in [4.69, 9.17) is 0 Å². The van der Waals surface area contributed by atoms with Crippen LogP contribution in [0.5, 0.6) is 0 Å². The highest BCUT2D eigenvalue weighted by molar-refractivity contribution is 5.18. The summed E-state index contributed by atoms with van der Waals surface area (Å²) in [5.41, 5.74) is 2.33. The fraction of sp³-hybridized carbons (Fsp3) is 0.500. The zero-order valence-electron chi connectivity index (χ0n) is 8.09. The summed E-state index contributed by atoms with van der Waals surface area (Å²) in [6, 6.07) is 3.75. The lowest BCUT2D eigenvalue weighted by atomic mass is 10.2. The third-order valence-corrected chi connectivity index (χ3v) is 2.16. The summed E-state index contributed by atoms with van der Waals surface area (Å²) in [5, 5.41) is 0. The molecule has 0 aliphatic heterocycles. The van der Waals surface area contributed by atoms with E-state index in [9.17, 15) is 4.79 Å². The van der Waals surface area contributed by atoms with Crippen molar-refractivity contribution in [3.63, 3.8) is 0 Å². The van der Waals surface area contributed by atoms with E-state index in [1.54, 1.807) is 6.07 Å². The molecule has 0 N–H and O–H groups in total. The molecular formula is C10H15NO. The highest BCUT2D eigenvalue weighted by atomic mass is 16.1. The largest absolute Gasteiger partial charge is 0.310 e. The van der Waals surface area contributed by atoms with Crippen molar-refractivity contribution < 1.29 is 0 Å². The number of rotatable bonds is 1. The summed E-state index contributed by atoms with van der Waals surface area (Å²) < 4.78 is 1.81. The van der Waals surface area contributed by atoms with Gasteiger partial charge in [0.2, 0.25) is 0 Å². The average Bonchev–Trinajstić information content (AvgIpc) is 1.97. The molecule has 12 heavy (non-hydrogen) atoms. The SMILES string of the molecule is Cc1ccc(=O)n(C(C)C)c1C. The van der Waals surface area contributed by atoms with E-state index in [0.717, 1.165) is 5.69 Å². The molecular weight excluding hydrogens is 150 g/mol. The first-order valence-corrected chi connectivity index (χ1v) is 4.22. The summed E-state index contributed by atoms with van der Waals surface area (Å²) >= 11 is 0. The van der Waals surface area contributed by atoms with Gasteiger partial charge >= 0.3 is 0 Å². The predicted octanol–water partition coefficient (Wildman–Crippen LogP) is 2.05. The van der Waals surface area contributed by atoms with Crippen molar-refractivity contribution in [3.05, 3.63) is 33.7 Å². The minimum absolute atomic E-state index is 0.0908. The number of nitrogens with zero attached hydrogens (tertiary/aromatic N) is 1. The minimum Gasteiger partial charge on any atom is -0.310 e. The van der Waals surface area contributed by atoms with Crippen LogP contribution in [-0.2, 0) is 0 Å². The maximum atomic E-state index is 11.4. The minimum atomic E-state index is 0.0908. The van der Waals surface area contributed by atoms with Crippen LogP contribution in [-0.4, -0.2) is 4.57 Å². The molecule has 66 valence electrons. The molecule has 0 radical (unpaired) electrons. The molecule has 0 atom stereocenters. The van der Waals surface area contributed by atoms with Crippen molar-refractivity contribution in [2.45, 2.75) is 33.7 Å². The van der Waals surface area contributed by atoms with Gasteiger partial charge in [0.25, 0.3) is 5.56 Å². The molecule has 0 fully saturated rings. The zero-order chi connectivity index (χ0) is 9.30. The van der Waals surface area contributed by atoms with Crippen molar-refractivity contribution in [2.24, 2.45) is 0 Å². The van der Waals surface area contributed by atoms with Crippen molar-refractivity contribution in [2.75, 3.05) is 0 Å². The van der Waals surface area contributed by atoms with E-state index >= 15 is 0 Å². The molecule has 0 saturated carbocycles. The van der Waals surface area contributed by atoms with Crippen LogP contribution in [0, 0.1) is 13.8 Å². The summed E-state index contributed by atoms with van der Waals surface area (Å²) in [5.74, 6) is 0. The Morgan fingerprint density at radius 2 is 1.83 bits per heavy atom. The quantitative estimate of drug-likeness (QED) is 0.624.